The Morgan fingerprint density at radius 3 is 2.75 bits per heavy atom. The minimum atomic E-state index is 0.507. The fourth-order valence-corrected chi connectivity index (χ4v) is 1.70. The maximum atomic E-state index is 4.61. The highest BCUT2D eigenvalue weighted by Crippen LogP contribution is 2.10. The molecule has 1 N–H and O–H groups in total. The molecule has 1 aromatic rings. The van der Waals surface area contributed by atoms with Gasteiger partial charge < -0.3 is 5.32 Å². The number of nitrogens with one attached hydrogen (secondary N) is 1. The number of rotatable bonds is 7. The molecule has 16 heavy (non-hydrogen) atoms. The summed E-state index contributed by atoms with van der Waals surface area (Å²) < 4.78 is 2.07. The van der Waals surface area contributed by atoms with Gasteiger partial charge in [-0.2, -0.15) is 5.10 Å². The van der Waals surface area contributed by atoms with Gasteiger partial charge in [0.15, 0.2) is 0 Å². The van der Waals surface area contributed by atoms with Gasteiger partial charge in [-0.1, -0.05) is 13.8 Å². The van der Waals surface area contributed by atoms with Crippen LogP contribution in [0.15, 0.2) is 12.3 Å². The van der Waals surface area contributed by atoms with Gasteiger partial charge in [-0.15, -0.1) is 0 Å². The fourth-order valence-electron chi connectivity index (χ4n) is 1.70. The molecule has 0 radical (unpaired) electrons. The first-order valence-corrected chi connectivity index (χ1v) is 6.44. The van der Waals surface area contributed by atoms with Crippen molar-refractivity contribution in [2.24, 2.45) is 0 Å². The third kappa shape index (κ3) is 3.97. The molecule has 0 fully saturated rings. The standard InChI is InChI=1S/C13H25N3/c1-5-8-14-11(3)10-13-7-9-16(15-13)12(4)6-2/h7,9,11-12,14H,5-6,8,10H2,1-4H3. The van der Waals surface area contributed by atoms with Crippen LogP contribution in [0.3, 0.4) is 0 Å². The monoisotopic (exact) mass is 223 g/mol. The van der Waals surface area contributed by atoms with E-state index in [9.17, 15) is 0 Å². The zero-order valence-electron chi connectivity index (χ0n) is 11.0. The van der Waals surface area contributed by atoms with Crippen molar-refractivity contribution in [1.82, 2.24) is 15.1 Å². The Labute approximate surface area is 99.2 Å². The topological polar surface area (TPSA) is 29.9 Å². The molecular formula is C13H25N3. The predicted octanol–water partition coefficient (Wildman–Crippen LogP) is 2.78. The van der Waals surface area contributed by atoms with Crippen LogP contribution in [0.1, 0.15) is 52.3 Å². The fraction of sp³-hybridized carbons (Fsp3) is 0.769. The average Bonchev–Trinajstić information content (AvgIpc) is 2.73. The summed E-state index contributed by atoms with van der Waals surface area (Å²) in [5.41, 5.74) is 1.19. The molecule has 2 atom stereocenters. The van der Waals surface area contributed by atoms with Crippen molar-refractivity contribution in [3.63, 3.8) is 0 Å². The van der Waals surface area contributed by atoms with Gasteiger partial charge in [-0.05, 0) is 39.3 Å². The summed E-state index contributed by atoms with van der Waals surface area (Å²) in [7, 11) is 0. The maximum absolute atomic E-state index is 4.61. The predicted molar refractivity (Wildman–Crippen MR) is 68.7 cm³/mol. The van der Waals surface area contributed by atoms with Gasteiger partial charge in [-0.3, -0.25) is 4.68 Å². The Morgan fingerprint density at radius 1 is 1.38 bits per heavy atom. The van der Waals surface area contributed by atoms with Gasteiger partial charge in [0.05, 0.1) is 5.69 Å². The molecule has 92 valence electrons. The molecule has 0 bridgehead atoms. The molecule has 0 spiro atoms. The molecule has 1 heterocycles. The first kappa shape index (κ1) is 13.2. The summed E-state index contributed by atoms with van der Waals surface area (Å²) in [6.45, 7) is 9.90. The van der Waals surface area contributed by atoms with Crippen LogP contribution >= 0.6 is 0 Å². The van der Waals surface area contributed by atoms with Crippen molar-refractivity contribution in [3.8, 4) is 0 Å². The van der Waals surface area contributed by atoms with E-state index in [2.05, 4.69) is 55.1 Å². The van der Waals surface area contributed by atoms with Crippen molar-refractivity contribution in [2.75, 3.05) is 6.54 Å². The molecule has 0 amide bonds. The van der Waals surface area contributed by atoms with Crippen molar-refractivity contribution < 1.29 is 0 Å². The molecule has 0 aliphatic rings. The van der Waals surface area contributed by atoms with E-state index < -0.39 is 0 Å². The highest BCUT2D eigenvalue weighted by Gasteiger charge is 2.07. The highest BCUT2D eigenvalue weighted by molar-refractivity contribution is 5.01. The summed E-state index contributed by atoms with van der Waals surface area (Å²) in [6.07, 6.45) is 5.43. The summed E-state index contributed by atoms with van der Waals surface area (Å²) in [5.74, 6) is 0. The highest BCUT2D eigenvalue weighted by atomic mass is 15.3. The Morgan fingerprint density at radius 2 is 2.12 bits per heavy atom. The minimum Gasteiger partial charge on any atom is -0.314 e. The van der Waals surface area contributed by atoms with E-state index in [0.717, 1.165) is 19.4 Å². The van der Waals surface area contributed by atoms with Crippen LogP contribution in [0.25, 0.3) is 0 Å². The zero-order valence-corrected chi connectivity index (χ0v) is 11.0. The van der Waals surface area contributed by atoms with Gasteiger partial charge in [0, 0.05) is 24.7 Å². The molecule has 3 nitrogen and oxygen atoms in total. The number of hydrogen-bond donors (Lipinski definition) is 1. The Kier molecular flexibility index (Phi) is 5.53. The number of nitrogens with zero attached hydrogens (tertiary/aromatic N) is 2. The van der Waals surface area contributed by atoms with E-state index in [1.807, 2.05) is 0 Å². The van der Waals surface area contributed by atoms with E-state index in [1.165, 1.54) is 12.1 Å². The summed E-state index contributed by atoms with van der Waals surface area (Å²) in [6, 6.07) is 3.16. The molecule has 2 unspecified atom stereocenters. The number of hydrogen-bond acceptors (Lipinski definition) is 2. The summed E-state index contributed by atoms with van der Waals surface area (Å²) in [5, 5.41) is 8.09. The van der Waals surface area contributed by atoms with Crippen molar-refractivity contribution in [3.05, 3.63) is 18.0 Å². The molecule has 1 rings (SSSR count). The maximum Gasteiger partial charge on any atom is 0.0640 e. The second-order valence-electron chi connectivity index (χ2n) is 4.60. The van der Waals surface area contributed by atoms with E-state index in [1.54, 1.807) is 0 Å². The lowest BCUT2D eigenvalue weighted by Gasteiger charge is -2.12. The van der Waals surface area contributed by atoms with E-state index in [-0.39, 0.29) is 0 Å². The van der Waals surface area contributed by atoms with Crippen LogP contribution in [0.2, 0.25) is 0 Å². The molecule has 0 aliphatic carbocycles. The third-order valence-corrected chi connectivity index (χ3v) is 2.96. The van der Waals surface area contributed by atoms with E-state index in [0.29, 0.717) is 12.1 Å². The van der Waals surface area contributed by atoms with E-state index >= 15 is 0 Å². The molecule has 0 aliphatic heterocycles. The van der Waals surface area contributed by atoms with Crippen molar-refractivity contribution in [1.29, 1.82) is 0 Å². The second-order valence-corrected chi connectivity index (χ2v) is 4.60. The van der Waals surface area contributed by atoms with Crippen molar-refractivity contribution in [2.45, 2.75) is 59.0 Å². The van der Waals surface area contributed by atoms with E-state index in [4.69, 9.17) is 0 Å². The zero-order chi connectivity index (χ0) is 12.0. The quantitative estimate of drug-likeness (QED) is 0.770. The van der Waals surface area contributed by atoms with Crippen LogP contribution in [0.4, 0.5) is 0 Å². The van der Waals surface area contributed by atoms with Gasteiger partial charge >= 0.3 is 0 Å². The Balaban J connectivity index is 2.45. The molecule has 0 saturated heterocycles. The molecule has 1 aromatic heterocycles. The normalized spacial score (nSPS) is 15.0. The molecule has 3 heteroatoms. The van der Waals surface area contributed by atoms with Crippen LogP contribution in [-0.4, -0.2) is 22.4 Å². The summed E-state index contributed by atoms with van der Waals surface area (Å²) in [4.78, 5) is 0. The lowest BCUT2D eigenvalue weighted by Crippen LogP contribution is -2.28. The Bertz CT molecular complexity index is 293. The minimum absolute atomic E-state index is 0.507. The third-order valence-electron chi connectivity index (χ3n) is 2.96. The first-order chi connectivity index (χ1) is 7.67. The van der Waals surface area contributed by atoms with Crippen LogP contribution in [0.5, 0.6) is 0 Å². The van der Waals surface area contributed by atoms with Crippen molar-refractivity contribution >= 4 is 0 Å². The largest absolute Gasteiger partial charge is 0.314 e. The number of aromatic nitrogens is 2. The molecule has 0 saturated carbocycles. The average molecular weight is 223 g/mol. The lowest BCUT2D eigenvalue weighted by molar-refractivity contribution is 0.467. The van der Waals surface area contributed by atoms with Gasteiger partial charge in [0.25, 0.3) is 0 Å². The summed E-state index contributed by atoms with van der Waals surface area (Å²) >= 11 is 0. The van der Waals surface area contributed by atoms with Gasteiger partial charge in [-0.25, -0.2) is 0 Å². The Hall–Kier alpha value is -0.830. The second kappa shape index (κ2) is 6.69. The van der Waals surface area contributed by atoms with Crippen LogP contribution in [-0.2, 0) is 6.42 Å². The van der Waals surface area contributed by atoms with Crippen LogP contribution in [0, 0.1) is 0 Å². The SMILES string of the molecule is CCCNC(C)Cc1ccn(C(C)CC)n1. The van der Waals surface area contributed by atoms with Gasteiger partial charge in [0.1, 0.15) is 0 Å². The smallest absolute Gasteiger partial charge is 0.0640 e. The molecule has 0 aromatic carbocycles. The van der Waals surface area contributed by atoms with Gasteiger partial charge in [0.2, 0.25) is 0 Å². The first-order valence-electron chi connectivity index (χ1n) is 6.44. The lowest BCUT2D eigenvalue weighted by atomic mass is 10.2. The van der Waals surface area contributed by atoms with Crippen LogP contribution < -0.4 is 5.32 Å². The molecular weight excluding hydrogens is 198 g/mol.